The van der Waals surface area contributed by atoms with E-state index in [1.807, 2.05) is 0 Å². The monoisotopic (exact) mass is 275 g/mol. The van der Waals surface area contributed by atoms with Crippen LogP contribution < -0.4 is 15.2 Å². The number of hydrogen-bond donors (Lipinski definition) is 1. The fourth-order valence-electron chi connectivity index (χ4n) is 1.94. The minimum Gasteiger partial charge on any atom is -0.496 e. The van der Waals surface area contributed by atoms with Crippen LogP contribution in [-0.4, -0.2) is 20.0 Å². The van der Waals surface area contributed by atoms with Crippen LogP contribution in [-0.2, 0) is 0 Å². The third-order valence-electron chi connectivity index (χ3n) is 2.95. The third kappa shape index (κ3) is 2.30. The lowest BCUT2D eigenvalue weighted by Gasteiger charge is -2.13. The van der Waals surface area contributed by atoms with Crippen molar-refractivity contribution in [3.05, 3.63) is 53.3 Å². The highest BCUT2D eigenvalue weighted by Gasteiger charge is 2.22. The lowest BCUT2D eigenvalue weighted by molar-refractivity contribution is 0.103. The molecule has 4 nitrogen and oxygen atoms in total. The number of ketones is 1. The molecule has 0 aliphatic rings. The van der Waals surface area contributed by atoms with Gasteiger partial charge in [0.1, 0.15) is 22.9 Å². The van der Waals surface area contributed by atoms with E-state index < -0.39 is 11.6 Å². The number of nitrogen functional groups attached to an aromatic ring is 1. The van der Waals surface area contributed by atoms with Gasteiger partial charge in [-0.1, -0.05) is 12.1 Å². The van der Waals surface area contributed by atoms with E-state index in [1.54, 1.807) is 18.2 Å². The number of carbonyl (C=O) groups is 1. The third-order valence-corrected chi connectivity index (χ3v) is 2.95. The summed E-state index contributed by atoms with van der Waals surface area (Å²) in [7, 11) is 2.89. The SMILES string of the molecule is COc1cccc(OC)c1C(=O)c1cccc(F)c1N. The number of halogens is 1. The maximum Gasteiger partial charge on any atom is 0.202 e. The Morgan fingerprint density at radius 2 is 1.60 bits per heavy atom. The molecular weight excluding hydrogens is 261 g/mol. The number of rotatable bonds is 4. The number of carbonyl (C=O) groups excluding carboxylic acids is 1. The number of nitrogens with two attached hydrogens (primary N) is 1. The second kappa shape index (κ2) is 5.61. The molecule has 5 heteroatoms. The van der Waals surface area contributed by atoms with Gasteiger partial charge in [0.15, 0.2) is 0 Å². The summed E-state index contributed by atoms with van der Waals surface area (Å²) in [5.74, 6) is -0.392. The molecule has 0 amide bonds. The Labute approximate surface area is 115 Å². The summed E-state index contributed by atoms with van der Waals surface area (Å²) in [6.07, 6.45) is 0. The Morgan fingerprint density at radius 1 is 1.05 bits per heavy atom. The molecule has 2 N–H and O–H groups in total. The Balaban J connectivity index is 2.61. The normalized spacial score (nSPS) is 10.2. The molecule has 0 aromatic heterocycles. The zero-order valence-corrected chi connectivity index (χ0v) is 11.1. The molecule has 0 aliphatic carbocycles. The summed E-state index contributed by atoms with van der Waals surface area (Å²) in [6.45, 7) is 0. The highest BCUT2D eigenvalue weighted by Crippen LogP contribution is 2.32. The quantitative estimate of drug-likeness (QED) is 0.688. The molecule has 0 saturated heterocycles. The Morgan fingerprint density at radius 3 is 2.15 bits per heavy atom. The number of methoxy groups -OCH3 is 2. The molecule has 0 atom stereocenters. The van der Waals surface area contributed by atoms with Crippen LogP contribution in [0.1, 0.15) is 15.9 Å². The van der Waals surface area contributed by atoms with Gasteiger partial charge >= 0.3 is 0 Å². The molecule has 2 aromatic rings. The van der Waals surface area contributed by atoms with Gasteiger partial charge in [0.05, 0.1) is 19.9 Å². The molecule has 0 unspecified atom stereocenters. The van der Waals surface area contributed by atoms with Crippen LogP contribution in [0.2, 0.25) is 0 Å². The Kier molecular flexibility index (Phi) is 3.89. The van der Waals surface area contributed by atoms with Crippen molar-refractivity contribution in [1.82, 2.24) is 0 Å². The van der Waals surface area contributed by atoms with E-state index in [-0.39, 0.29) is 16.8 Å². The number of benzene rings is 2. The van der Waals surface area contributed by atoms with Crippen molar-refractivity contribution >= 4 is 11.5 Å². The first-order valence-corrected chi connectivity index (χ1v) is 5.89. The highest BCUT2D eigenvalue weighted by molar-refractivity contribution is 6.15. The topological polar surface area (TPSA) is 61.5 Å². The van der Waals surface area contributed by atoms with Gasteiger partial charge in [0.2, 0.25) is 5.78 Å². The first-order valence-electron chi connectivity index (χ1n) is 5.89. The summed E-state index contributed by atoms with van der Waals surface area (Å²) in [5.41, 5.74) is 5.73. The molecule has 0 spiro atoms. The fraction of sp³-hybridized carbons (Fsp3) is 0.133. The van der Waals surface area contributed by atoms with E-state index in [2.05, 4.69) is 0 Å². The lowest BCUT2D eigenvalue weighted by Crippen LogP contribution is -2.10. The van der Waals surface area contributed by atoms with Crippen LogP contribution in [0.4, 0.5) is 10.1 Å². The van der Waals surface area contributed by atoms with E-state index >= 15 is 0 Å². The lowest BCUT2D eigenvalue weighted by atomic mass is 9.99. The zero-order valence-electron chi connectivity index (χ0n) is 11.1. The van der Waals surface area contributed by atoms with Crippen molar-refractivity contribution in [2.24, 2.45) is 0 Å². The molecule has 0 radical (unpaired) electrons. The second-order valence-electron chi connectivity index (χ2n) is 4.07. The molecule has 20 heavy (non-hydrogen) atoms. The molecule has 0 saturated carbocycles. The summed E-state index contributed by atoms with van der Waals surface area (Å²) >= 11 is 0. The van der Waals surface area contributed by atoms with E-state index in [0.29, 0.717) is 11.5 Å². The van der Waals surface area contributed by atoms with Gasteiger partial charge in [-0.2, -0.15) is 0 Å². The number of para-hydroxylation sites is 1. The van der Waals surface area contributed by atoms with Crippen molar-refractivity contribution in [3.63, 3.8) is 0 Å². The van der Waals surface area contributed by atoms with Gasteiger partial charge in [0.25, 0.3) is 0 Å². The molecule has 2 aromatic carbocycles. The van der Waals surface area contributed by atoms with Crippen LogP contribution in [0, 0.1) is 5.82 Å². The van der Waals surface area contributed by atoms with Crippen molar-refractivity contribution in [2.45, 2.75) is 0 Å². The molecule has 0 bridgehead atoms. The van der Waals surface area contributed by atoms with Crippen LogP contribution >= 0.6 is 0 Å². The molecule has 2 rings (SSSR count). The predicted octanol–water partition coefficient (Wildman–Crippen LogP) is 2.66. The number of ether oxygens (including phenoxy) is 2. The smallest absolute Gasteiger partial charge is 0.202 e. The first-order chi connectivity index (χ1) is 9.60. The minimum absolute atomic E-state index is 0.0767. The van der Waals surface area contributed by atoms with Crippen LogP contribution in [0.5, 0.6) is 11.5 Å². The summed E-state index contributed by atoms with van der Waals surface area (Å²) in [6, 6.07) is 9.05. The van der Waals surface area contributed by atoms with Gasteiger partial charge in [-0.3, -0.25) is 4.79 Å². The average Bonchev–Trinajstić information content (AvgIpc) is 2.48. The Bertz CT molecular complexity index is 633. The van der Waals surface area contributed by atoms with Crippen LogP contribution in [0.3, 0.4) is 0 Å². The van der Waals surface area contributed by atoms with Crippen molar-refractivity contribution in [2.75, 3.05) is 20.0 Å². The number of anilines is 1. The van der Waals surface area contributed by atoms with Gasteiger partial charge in [-0.25, -0.2) is 4.39 Å². The standard InChI is InChI=1S/C15H14FNO3/c1-19-11-7-4-8-12(20-2)13(11)15(18)9-5-3-6-10(16)14(9)17/h3-8H,17H2,1-2H3. The molecule has 104 valence electrons. The van der Waals surface area contributed by atoms with E-state index in [9.17, 15) is 9.18 Å². The van der Waals surface area contributed by atoms with Crippen molar-refractivity contribution in [3.8, 4) is 11.5 Å². The largest absolute Gasteiger partial charge is 0.496 e. The molecular formula is C15H14FNO3. The predicted molar refractivity (Wildman–Crippen MR) is 73.8 cm³/mol. The van der Waals surface area contributed by atoms with Crippen molar-refractivity contribution in [1.29, 1.82) is 0 Å². The summed E-state index contributed by atoms with van der Waals surface area (Å²) in [4.78, 5) is 12.6. The highest BCUT2D eigenvalue weighted by atomic mass is 19.1. The minimum atomic E-state index is -0.635. The van der Waals surface area contributed by atoms with E-state index in [0.717, 1.165) is 0 Å². The zero-order chi connectivity index (χ0) is 14.7. The molecule has 0 aliphatic heterocycles. The maximum absolute atomic E-state index is 13.5. The van der Waals surface area contributed by atoms with Crippen LogP contribution in [0.25, 0.3) is 0 Å². The van der Waals surface area contributed by atoms with E-state index in [1.165, 1.54) is 32.4 Å². The van der Waals surface area contributed by atoms with Gasteiger partial charge < -0.3 is 15.2 Å². The summed E-state index contributed by atoms with van der Waals surface area (Å²) < 4.78 is 23.8. The van der Waals surface area contributed by atoms with Crippen molar-refractivity contribution < 1.29 is 18.7 Å². The fourth-order valence-corrected chi connectivity index (χ4v) is 1.94. The maximum atomic E-state index is 13.5. The number of hydrogen-bond acceptors (Lipinski definition) is 4. The second-order valence-corrected chi connectivity index (χ2v) is 4.07. The van der Waals surface area contributed by atoms with Gasteiger partial charge in [0, 0.05) is 5.56 Å². The van der Waals surface area contributed by atoms with Gasteiger partial charge in [-0.15, -0.1) is 0 Å². The molecule has 0 fully saturated rings. The average molecular weight is 275 g/mol. The van der Waals surface area contributed by atoms with Gasteiger partial charge in [-0.05, 0) is 24.3 Å². The Hall–Kier alpha value is -2.56. The summed E-state index contributed by atoms with van der Waals surface area (Å²) in [5, 5.41) is 0. The molecule has 0 heterocycles. The van der Waals surface area contributed by atoms with Crippen LogP contribution in [0.15, 0.2) is 36.4 Å². The first kappa shape index (κ1) is 13.9. The van der Waals surface area contributed by atoms with E-state index in [4.69, 9.17) is 15.2 Å².